The average molecular weight is 296 g/mol. The molecule has 0 amide bonds. The Bertz CT molecular complexity index is 572. The average Bonchev–Trinajstić information content (AvgIpc) is 2.88. The Morgan fingerprint density at radius 2 is 2.25 bits per heavy atom. The lowest BCUT2D eigenvalue weighted by molar-refractivity contribution is 0.196. The van der Waals surface area contributed by atoms with Gasteiger partial charge in [0.1, 0.15) is 0 Å². The largest absolute Gasteiger partial charge is 0.383 e. The first-order chi connectivity index (χ1) is 9.63. The molecule has 2 aromatic rings. The van der Waals surface area contributed by atoms with E-state index in [2.05, 4.69) is 20.8 Å². The second kappa shape index (κ2) is 6.78. The first-order valence-electron chi connectivity index (χ1n) is 6.40. The zero-order chi connectivity index (χ0) is 14.5. The van der Waals surface area contributed by atoms with Crippen molar-refractivity contribution in [1.29, 1.82) is 0 Å². The first-order valence-corrected chi connectivity index (χ1v) is 6.78. The van der Waals surface area contributed by atoms with Crippen LogP contribution in [-0.4, -0.2) is 40.5 Å². The maximum Gasteiger partial charge on any atom is 0.173 e. The molecule has 0 saturated heterocycles. The van der Waals surface area contributed by atoms with Gasteiger partial charge in [0.15, 0.2) is 5.82 Å². The number of ether oxygens (including phenoxy) is 1. The summed E-state index contributed by atoms with van der Waals surface area (Å²) < 4.78 is 6.75. The van der Waals surface area contributed by atoms with Crippen molar-refractivity contribution in [3.05, 3.63) is 34.6 Å². The molecule has 0 aliphatic rings. The van der Waals surface area contributed by atoms with Crippen molar-refractivity contribution in [3.8, 4) is 5.69 Å². The van der Waals surface area contributed by atoms with E-state index in [0.29, 0.717) is 11.6 Å². The highest BCUT2D eigenvalue weighted by atomic mass is 35.5. The summed E-state index contributed by atoms with van der Waals surface area (Å²) in [7, 11) is 1.67. The van der Waals surface area contributed by atoms with E-state index in [-0.39, 0.29) is 6.04 Å². The highest BCUT2D eigenvalue weighted by Crippen LogP contribution is 2.20. The highest BCUT2D eigenvalue weighted by Gasteiger charge is 2.16. The Hall–Kier alpha value is -1.50. The molecule has 1 N–H and O–H groups in total. The Kier molecular flexibility index (Phi) is 5.05. The summed E-state index contributed by atoms with van der Waals surface area (Å²) in [6, 6.07) is 5.67. The fourth-order valence-electron chi connectivity index (χ4n) is 1.96. The van der Waals surface area contributed by atoms with Gasteiger partial charge in [-0.15, -0.1) is 5.10 Å². The van der Waals surface area contributed by atoms with Crippen molar-refractivity contribution in [2.45, 2.75) is 19.9 Å². The van der Waals surface area contributed by atoms with Crippen molar-refractivity contribution in [2.24, 2.45) is 0 Å². The molecule has 1 aromatic carbocycles. The number of halogens is 1. The van der Waals surface area contributed by atoms with Gasteiger partial charge in [0, 0.05) is 18.7 Å². The van der Waals surface area contributed by atoms with Crippen LogP contribution in [-0.2, 0) is 4.74 Å². The van der Waals surface area contributed by atoms with E-state index in [9.17, 15) is 0 Å². The van der Waals surface area contributed by atoms with E-state index in [0.717, 1.165) is 23.6 Å². The zero-order valence-corrected chi connectivity index (χ0v) is 12.6. The van der Waals surface area contributed by atoms with Gasteiger partial charge in [0.05, 0.1) is 18.3 Å². The molecule has 1 aromatic heterocycles. The molecule has 1 unspecified atom stereocenters. The summed E-state index contributed by atoms with van der Waals surface area (Å²) in [6.45, 7) is 5.38. The summed E-state index contributed by atoms with van der Waals surface area (Å²) >= 11 is 5.98. The molecule has 0 aliphatic carbocycles. The summed E-state index contributed by atoms with van der Waals surface area (Å²) in [5.74, 6) is 0.756. The van der Waals surface area contributed by atoms with Crippen LogP contribution in [0.25, 0.3) is 5.69 Å². The van der Waals surface area contributed by atoms with Gasteiger partial charge in [0.25, 0.3) is 0 Å². The highest BCUT2D eigenvalue weighted by molar-refractivity contribution is 6.30. The van der Waals surface area contributed by atoms with Crippen molar-refractivity contribution < 1.29 is 4.74 Å². The quantitative estimate of drug-likeness (QED) is 0.825. The second-order valence-electron chi connectivity index (χ2n) is 4.55. The van der Waals surface area contributed by atoms with Crippen molar-refractivity contribution >= 4 is 11.6 Å². The predicted octanol–water partition coefficient (Wildman–Crippen LogP) is 1.92. The lowest BCUT2D eigenvalue weighted by Gasteiger charge is -2.14. The minimum Gasteiger partial charge on any atom is -0.383 e. The number of rotatable bonds is 6. The van der Waals surface area contributed by atoms with Gasteiger partial charge in [-0.3, -0.25) is 0 Å². The first kappa shape index (κ1) is 14.9. The standard InChI is InChI=1S/C13H18ClN5O/c1-9-8-11(14)4-5-12(9)19-13(16-17-18-19)10(2)15-6-7-20-3/h4-5,8,10,15H,6-7H2,1-3H3. The second-order valence-corrected chi connectivity index (χ2v) is 4.98. The van der Waals surface area contributed by atoms with Crippen LogP contribution in [0.4, 0.5) is 0 Å². The van der Waals surface area contributed by atoms with Crippen molar-refractivity contribution in [2.75, 3.05) is 20.3 Å². The molecule has 0 radical (unpaired) electrons. The lowest BCUT2D eigenvalue weighted by Crippen LogP contribution is -2.25. The van der Waals surface area contributed by atoms with Crippen LogP contribution in [0.5, 0.6) is 0 Å². The molecule has 0 saturated carbocycles. The van der Waals surface area contributed by atoms with Gasteiger partial charge in [0.2, 0.25) is 0 Å². The third-order valence-electron chi connectivity index (χ3n) is 3.02. The van der Waals surface area contributed by atoms with E-state index in [1.807, 2.05) is 32.0 Å². The molecule has 0 aliphatic heterocycles. The van der Waals surface area contributed by atoms with Crippen LogP contribution >= 0.6 is 11.6 Å². The molecule has 1 heterocycles. The molecular formula is C13H18ClN5O. The number of tetrazole rings is 1. The fraction of sp³-hybridized carbons (Fsp3) is 0.462. The summed E-state index contributed by atoms with van der Waals surface area (Å²) in [4.78, 5) is 0. The van der Waals surface area contributed by atoms with Gasteiger partial charge >= 0.3 is 0 Å². The van der Waals surface area contributed by atoms with E-state index < -0.39 is 0 Å². The molecule has 0 bridgehead atoms. The predicted molar refractivity (Wildman–Crippen MR) is 77.2 cm³/mol. The molecule has 0 spiro atoms. The topological polar surface area (TPSA) is 64.9 Å². The van der Waals surface area contributed by atoms with Crippen LogP contribution < -0.4 is 5.32 Å². The van der Waals surface area contributed by atoms with Crippen molar-refractivity contribution in [1.82, 2.24) is 25.5 Å². The Morgan fingerprint density at radius 1 is 1.45 bits per heavy atom. The van der Waals surface area contributed by atoms with E-state index in [4.69, 9.17) is 16.3 Å². The Morgan fingerprint density at radius 3 is 2.95 bits per heavy atom. The van der Waals surface area contributed by atoms with Gasteiger partial charge in [-0.2, -0.15) is 4.68 Å². The maximum absolute atomic E-state index is 5.98. The number of aryl methyl sites for hydroxylation is 1. The molecule has 1 atom stereocenters. The van der Waals surface area contributed by atoms with E-state index >= 15 is 0 Å². The number of hydrogen-bond acceptors (Lipinski definition) is 5. The minimum atomic E-state index is 0.0234. The third-order valence-corrected chi connectivity index (χ3v) is 3.26. The van der Waals surface area contributed by atoms with Crippen LogP contribution in [0.15, 0.2) is 18.2 Å². The number of benzene rings is 1. The van der Waals surface area contributed by atoms with Crippen LogP contribution in [0.3, 0.4) is 0 Å². The number of nitrogens with one attached hydrogen (secondary N) is 1. The Labute approximate surface area is 123 Å². The van der Waals surface area contributed by atoms with Crippen molar-refractivity contribution in [3.63, 3.8) is 0 Å². The molecule has 20 heavy (non-hydrogen) atoms. The summed E-state index contributed by atoms with van der Waals surface area (Å²) in [6.07, 6.45) is 0. The lowest BCUT2D eigenvalue weighted by atomic mass is 10.2. The number of nitrogens with zero attached hydrogens (tertiary/aromatic N) is 4. The van der Waals surface area contributed by atoms with Gasteiger partial charge in [-0.25, -0.2) is 0 Å². The minimum absolute atomic E-state index is 0.0234. The monoisotopic (exact) mass is 295 g/mol. The molecule has 0 fully saturated rings. The maximum atomic E-state index is 5.98. The summed E-state index contributed by atoms with van der Waals surface area (Å²) in [5, 5.41) is 16.0. The van der Waals surface area contributed by atoms with Gasteiger partial charge < -0.3 is 10.1 Å². The van der Waals surface area contributed by atoms with E-state index in [1.54, 1.807) is 11.8 Å². The molecule has 108 valence electrons. The molecule has 7 heteroatoms. The van der Waals surface area contributed by atoms with Crippen LogP contribution in [0.1, 0.15) is 24.4 Å². The Balaban J connectivity index is 2.23. The van der Waals surface area contributed by atoms with Crippen LogP contribution in [0.2, 0.25) is 5.02 Å². The number of hydrogen-bond donors (Lipinski definition) is 1. The summed E-state index contributed by atoms with van der Waals surface area (Å²) in [5.41, 5.74) is 1.95. The number of aromatic nitrogens is 4. The smallest absolute Gasteiger partial charge is 0.173 e. The van der Waals surface area contributed by atoms with E-state index in [1.165, 1.54) is 0 Å². The molecule has 6 nitrogen and oxygen atoms in total. The van der Waals surface area contributed by atoms with Gasteiger partial charge in [-0.1, -0.05) is 11.6 Å². The van der Waals surface area contributed by atoms with Gasteiger partial charge in [-0.05, 0) is 48.0 Å². The number of methoxy groups -OCH3 is 1. The normalized spacial score (nSPS) is 12.6. The fourth-order valence-corrected chi connectivity index (χ4v) is 2.19. The van der Waals surface area contributed by atoms with Crippen LogP contribution in [0, 0.1) is 6.92 Å². The molecule has 2 rings (SSSR count). The SMILES string of the molecule is COCCNC(C)c1nnnn1-c1ccc(Cl)cc1C. The zero-order valence-electron chi connectivity index (χ0n) is 11.8. The third kappa shape index (κ3) is 3.33. The molecular weight excluding hydrogens is 278 g/mol.